The van der Waals surface area contributed by atoms with Crippen LogP contribution in [0.25, 0.3) is 11.1 Å². The normalized spacial score (nSPS) is 15.0. The van der Waals surface area contributed by atoms with E-state index in [-0.39, 0.29) is 36.8 Å². The number of fused-ring (bicyclic) bond motifs is 2. The molecule has 0 saturated carbocycles. The van der Waals surface area contributed by atoms with Gasteiger partial charge >= 0.3 is 0 Å². The summed E-state index contributed by atoms with van der Waals surface area (Å²) in [6, 6.07) is 21.4. The molecule has 13 heteroatoms. The lowest BCUT2D eigenvalue weighted by atomic mass is 10.0. The molecule has 1 aliphatic rings. The number of amides is 2. The molecule has 0 fully saturated rings. The van der Waals surface area contributed by atoms with E-state index in [2.05, 4.69) is 0 Å². The number of nitrogens with zero attached hydrogens (tertiary/aromatic N) is 3. The monoisotopic (exact) mass is 679 g/mol. The number of para-hydroxylation sites is 2. The summed E-state index contributed by atoms with van der Waals surface area (Å²) in [7, 11) is 4.48. The smallest absolute Gasteiger partial charge is 0.270 e. The van der Waals surface area contributed by atoms with Gasteiger partial charge in [-0.05, 0) is 42.0 Å². The number of carbonyl (C=O) groups is 2. The lowest BCUT2D eigenvalue weighted by Crippen LogP contribution is -2.50. The van der Waals surface area contributed by atoms with E-state index in [9.17, 15) is 30.0 Å². The second-order valence-corrected chi connectivity index (χ2v) is 11.9. The Balaban J connectivity index is 1.46. The van der Waals surface area contributed by atoms with Gasteiger partial charge < -0.3 is 49.4 Å². The Kier molecular flexibility index (Phi) is 10.7. The van der Waals surface area contributed by atoms with Crippen LogP contribution >= 0.6 is 11.6 Å². The molecule has 1 aliphatic heterocycles. The van der Waals surface area contributed by atoms with E-state index in [1.165, 1.54) is 19.1 Å². The molecule has 0 bridgehead atoms. The van der Waals surface area contributed by atoms with Crippen molar-refractivity contribution in [3.05, 3.63) is 100 Å². The van der Waals surface area contributed by atoms with E-state index >= 15 is 0 Å². The molecule has 12 nitrogen and oxygen atoms in total. The Labute approximate surface area is 282 Å². The van der Waals surface area contributed by atoms with Gasteiger partial charge in [0, 0.05) is 41.1 Å². The average Bonchev–Trinajstić information content (AvgIpc) is 3.42. The molecule has 254 valence electrons. The zero-order chi connectivity index (χ0) is 34.7. The Morgan fingerprint density at radius 3 is 2.23 bits per heavy atom. The summed E-state index contributed by atoms with van der Waals surface area (Å²) in [5.74, 6) is 0.0790. The van der Waals surface area contributed by atoms with E-state index in [0.717, 1.165) is 11.1 Å². The summed E-state index contributed by atoms with van der Waals surface area (Å²) in [6.07, 6.45) is -6.90. The molecule has 0 saturated heterocycles. The maximum Gasteiger partial charge on any atom is 0.270 e. The molecule has 1 aromatic heterocycles. The van der Waals surface area contributed by atoms with Gasteiger partial charge in [0.05, 0.1) is 39.5 Å². The first kappa shape index (κ1) is 34.9. The van der Waals surface area contributed by atoms with Gasteiger partial charge in [0.15, 0.2) is 0 Å². The van der Waals surface area contributed by atoms with Crippen LogP contribution in [0.2, 0.25) is 5.02 Å². The minimum Gasteiger partial charge on any atom is -0.496 e. The third-order valence-electron chi connectivity index (χ3n) is 8.52. The fraction of sp³-hybridized carbons (Fsp3) is 0.314. The molecule has 5 rings (SSSR count). The molecule has 3 aromatic carbocycles. The molecule has 5 N–H and O–H groups in total. The van der Waals surface area contributed by atoms with Crippen LogP contribution in [0, 0.1) is 0 Å². The molecule has 0 radical (unpaired) electrons. The number of rotatable bonds is 11. The second kappa shape index (κ2) is 14.8. The molecule has 0 unspecified atom stereocenters. The van der Waals surface area contributed by atoms with E-state index in [1.54, 1.807) is 40.8 Å². The predicted molar refractivity (Wildman–Crippen MR) is 179 cm³/mol. The van der Waals surface area contributed by atoms with Crippen LogP contribution in [0.5, 0.6) is 11.5 Å². The number of aliphatic hydroxyl groups is 5. The molecule has 4 atom stereocenters. The minimum absolute atomic E-state index is 0.106. The van der Waals surface area contributed by atoms with Crippen LogP contribution in [0.4, 0.5) is 5.69 Å². The van der Waals surface area contributed by atoms with Crippen molar-refractivity contribution in [2.75, 3.05) is 39.3 Å². The van der Waals surface area contributed by atoms with Crippen LogP contribution in [0.1, 0.15) is 32.1 Å². The number of aromatic nitrogens is 1. The molecule has 0 aliphatic carbocycles. The number of likely N-dealkylation sites (N-methyl/N-ethyl adjacent to an activating group) is 1. The van der Waals surface area contributed by atoms with Gasteiger partial charge in [-0.3, -0.25) is 9.59 Å². The van der Waals surface area contributed by atoms with Crippen molar-refractivity contribution in [3.8, 4) is 22.6 Å². The van der Waals surface area contributed by atoms with Crippen molar-refractivity contribution in [3.63, 3.8) is 0 Å². The highest BCUT2D eigenvalue weighted by Crippen LogP contribution is 2.40. The molecule has 4 aromatic rings. The fourth-order valence-electron chi connectivity index (χ4n) is 5.87. The number of hydrogen-bond acceptors (Lipinski definition) is 9. The Morgan fingerprint density at radius 1 is 0.854 bits per heavy atom. The van der Waals surface area contributed by atoms with E-state index < -0.39 is 36.9 Å². The third-order valence-corrected chi connectivity index (χ3v) is 8.83. The van der Waals surface area contributed by atoms with Crippen molar-refractivity contribution >= 4 is 29.1 Å². The lowest BCUT2D eigenvalue weighted by Gasteiger charge is -2.28. The van der Waals surface area contributed by atoms with Crippen LogP contribution in [0.3, 0.4) is 0 Å². The number of methoxy groups -OCH3 is 2. The first-order valence-electron chi connectivity index (χ1n) is 15.2. The molecule has 0 spiro atoms. The molecular weight excluding hydrogens is 642 g/mol. The van der Waals surface area contributed by atoms with Crippen LogP contribution < -0.4 is 14.4 Å². The summed E-state index contributed by atoms with van der Waals surface area (Å²) in [5.41, 5.74) is 3.96. The van der Waals surface area contributed by atoms with Gasteiger partial charge in [-0.1, -0.05) is 48.0 Å². The van der Waals surface area contributed by atoms with Crippen molar-refractivity contribution in [1.82, 2.24) is 9.47 Å². The molecule has 2 amide bonds. The summed E-state index contributed by atoms with van der Waals surface area (Å²) in [5, 5.41) is 49.7. The van der Waals surface area contributed by atoms with Crippen LogP contribution in [-0.4, -0.2) is 106 Å². The van der Waals surface area contributed by atoms with Crippen molar-refractivity contribution in [1.29, 1.82) is 0 Å². The van der Waals surface area contributed by atoms with E-state index in [0.29, 0.717) is 33.5 Å². The second-order valence-electron chi connectivity index (χ2n) is 11.5. The van der Waals surface area contributed by atoms with E-state index in [1.807, 2.05) is 48.5 Å². The number of hydrogen-bond donors (Lipinski definition) is 5. The van der Waals surface area contributed by atoms with Gasteiger partial charge in [0.25, 0.3) is 11.8 Å². The lowest BCUT2D eigenvalue weighted by molar-refractivity contribution is -0.117. The van der Waals surface area contributed by atoms with E-state index in [4.69, 9.17) is 26.2 Å². The van der Waals surface area contributed by atoms with Crippen molar-refractivity contribution in [2.45, 2.75) is 37.5 Å². The standard InChI is InChI=1S/C35H38ClN3O9/c1-37(18-28(41)32(43)33(44)29(42)19-40)35(46)27-13-12-21-17-39(26-10-6-4-8-20(26)16-38(21)27)34(45)24-14-25(36)23(15-31(24)48-3)22-9-5-7-11-30(22)47-2/h4-15,28-29,32-33,40-44H,16-19H2,1-3H3/t28-,29+,32+,33+/m0/s1. The SMILES string of the molecule is COc1cc(-c2ccccc2OC)c(Cl)cc1C(=O)N1Cc2ccc(C(=O)N(C)C[C@H](O)[C@@H](O)[C@H](O)[C@H](O)CO)n2Cc2ccccc21. The van der Waals surface area contributed by atoms with Gasteiger partial charge in [0.2, 0.25) is 0 Å². The number of halogens is 1. The topological polar surface area (TPSA) is 165 Å². The first-order chi connectivity index (χ1) is 23.0. The van der Waals surface area contributed by atoms with Crippen molar-refractivity contribution in [2.24, 2.45) is 0 Å². The summed E-state index contributed by atoms with van der Waals surface area (Å²) < 4.78 is 13.0. The molecular formula is C35H38ClN3O9. The van der Waals surface area contributed by atoms with Gasteiger partial charge in [-0.2, -0.15) is 0 Å². The fourth-order valence-corrected chi connectivity index (χ4v) is 6.13. The quantitative estimate of drug-likeness (QED) is 0.160. The highest BCUT2D eigenvalue weighted by atomic mass is 35.5. The zero-order valence-electron chi connectivity index (χ0n) is 26.7. The number of carbonyl (C=O) groups excluding carboxylic acids is 2. The summed E-state index contributed by atoms with van der Waals surface area (Å²) >= 11 is 6.78. The van der Waals surface area contributed by atoms with Crippen LogP contribution in [-0.2, 0) is 13.1 Å². The number of anilines is 1. The first-order valence-corrected chi connectivity index (χ1v) is 15.6. The predicted octanol–water partition coefficient (Wildman–Crippen LogP) is 2.54. The Morgan fingerprint density at radius 2 is 1.52 bits per heavy atom. The largest absolute Gasteiger partial charge is 0.496 e. The number of benzene rings is 3. The summed E-state index contributed by atoms with van der Waals surface area (Å²) in [6.45, 7) is -0.823. The van der Waals surface area contributed by atoms with Crippen molar-refractivity contribution < 1.29 is 44.6 Å². The van der Waals surface area contributed by atoms with Crippen LogP contribution in [0.15, 0.2) is 72.8 Å². The average molecular weight is 680 g/mol. The highest BCUT2D eigenvalue weighted by molar-refractivity contribution is 6.34. The van der Waals surface area contributed by atoms with Gasteiger partial charge in [-0.25, -0.2) is 0 Å². The molecule has 2 heterocycles. The molecule has 48 heavy (non-hydrogen) atoms. The Bertz CT molecular complexity index is 1790. The van der Waals surface area contributed by atoms with Gasteiger partial charge in [0.1, 0.15) is 41.6 Å². The number of ether oxygens (including phenoxy) is 2. The summed E-state index contributed by atoms with van der Waals surface area (Å²) in [4.78, 5) is 30.8. The minimum atomic E-state index is -1.82. The van der Waals surface area contributed by atoms with Gasteiger partial charge in [-0.15, -0.1) is 0 Å². The highest BCUT2D eigenvalue weighted by Gasteiger charge is 2.33. The zero-order valence-corrected chi connectivity index (χ0v) is 27.4. The maximum absolute atomic E-state index is 14.4. The Hall–Kier alpha value is -4.43. The maximum atomic E-state index is 14.4. The number of aliphatic hydroxyl groups excluding tert-OH is 5. The third kappa shape index (κ3) is 6.76.